The first kappa shape index (κ1) is 18.2. The number of fused-ring (bicyclic) bond motifs is 1. The quantitative estimate of drug-likeness (QED) is 0.543. The van der Waals surface area contributed by atoms with Crippen molar-refractivity contribution in [2.45, 2.75) is 24.4 Å². The molecule has 0 saturated carbocycles. The van der Waals surface area contributed by atoms with Crippen LogP contribution in [0.4, 0.5) is 4.39 Å². The zero-order valence-electron chi connectivity index (χ0n) is 15.2. The number of quaternary nitrogens is 1. The van der Waals surface area contributed by atoms with Gasteiger partial charge in [-0.15, -0.1) is 0 Å². The van der Waals surface area contributed by atoms with E-state index in [1.807, 2.05) is 18.2 Å². The fourth-order valence-electron chi connectivity index (χ4n) is 3.62. The Bertz CT molecular complexity index is 981. The van der Waals surface area contributed by atoms with Crippen molar-refractivity contribution in [3.8, 4) is 5.69 Å². The third-order valence-electron chi connectivity index (χ3n) is 5.08. The van der Waals surface area contributed by atoms with E-state index in [4.69, 9.17) is 4.98 Å². The van der Waals surface area contributed by atoms with E-state index in [9.17, 15) is 9.18 Å². The van der Waals surface area contributed by atoms with Crippen LogP contribution in [0.25, 0.3) is 16.6 Å². The number of para-hydroxylation sites is 1. The fraction of sp³-hybridized carbons (Fsp3) is 0.333. The Kier molecular flexibility index (Phi) is 5.55. The van der Waals surface area contributed by atoms with Crippen molar-refractivity contribution in [3.63, 3.8) is 0 Å². The molecule has 1 saturated heterocycles. The molecule has 1 aromatic heterocycles. The summed E-state index contributed by atoms with van der Waals surface area (Å²) in [5, 5.41) is 1.24. The third-order valence-corrected chi connectivity index (χ3v) is 6.02. The molecule has 2 aromatic carbocycles. The van der Waals surface area contributed by atoms with Gasteiger partial charge >= 0.3 is 0 Å². The van der Waals surface area contributed by atoms with Gasteiger partial charge in [0.05, 0.1) is 42.0 Å². The van der Waals surface area contributed by atoms with E-state index in [-0.39, 0.29) is 11.4 Å². The minimum atomic E-state index is -0.316. The van der Waals surface area contributed by atoms with Gasteiger partial charge in [-0.25, -0.2) is 9.37 Å². The molecule has 0 aliphatic carbocycles. The number of aromatic nitrogens is 2. The minimum Gasteiger partial charge on any atom is -0.334 e. The number of nitrogens with zero attached hydrogens (tertiary/aromatic N) is 2. The molecular weight excluding hydrogens is 361 g/mol. The molecule has 0 unspecified atom stereocenters. The molecule has 0 bridgehead atoms. The van der Waals surface area contributed by atoms with Gasteiger partial charge in [-0.05, 0) is 55.7 Å². The van der Waals surface area contributed by atoms with Crippen LogP contribution in [-0.2, 0) is 0 Å². The summed E-state index contributed by atoms with van der Waals surface area (Å²) < 4.78 is 15.0. The van der Waals surface area contributed by atoms with Gasteiger partial charge in [-0.2, -0.15) is 0 Å². The Morgan fingerprint density at radius 1 is 1.04 bits per heavy atom. The lowest BCUT2D eigenvalue weighted by molar-refractivity contribution is -0.902. The smallest absolute Gasteiger partial charge is 0.266 e. The Morgan fingerprint density at radius 3 is 2.56 bits per heavy atom. The number of benzene rings is 2. The average Bonchev–Trinajstić information content (AvgIpc) is 2.70. The molecular formula is C21H23FN3OS+. The van der Waals surface area contributed by atoms with Gasteiger partial charge in [0.2, 0.25) is 0 Å². The standard InChI is InChI=1S/C21H22FN3OS/c22-16-8-10-17(11-9-16)25-20(26)18-6-2-3-7-19(18)23-21(25)27-15-14-24-12-4-1-5-13-24/h2-3,6-11H,1,4-5,12-15H2/p+1. The van der Waals surface area contributed by atoms with Crippen molar-refractivity contribution in [1.29, 1.82) is 0 Å². The zero-order valence-corrected chi connectivity index (χ0v) is 16.0. The molecule has 4 nitrogen and oxygen atoms in total. The Balaban J connectivity index is 1.67. The molecule has 1 fully saturated rings. The zero-order chi connectivity index (χ0) is 18.6. The van der Waals surface area contributed by atoms with Crippen molar-refractivity contribution in [1.82, 2.24) is 9.55 Å². The van der Waals surface area contributed by atoms with Gasteiger partial charge in [0.25, 0.3) is 5.56 Å². The molecule has 1 aliphatic heterocycles. The Labute approximate surface area is 162 Å². The fourth-order valence-corrected chi connectivity index (χ4v) is 4.67. The van der Waals surface area contributed by atoms with E-state index >= 15 is 0 Å². The maximum absolute atomic E-state index is 13.4. The number of likely N-dealkylation sites (tertiary alicyclic amines) is 1. The van der Waals surface area contributed by atoms with E-state index in [2.05, 4.69) is 0 Å². The SMILES string of the molecule is O=c1c2ccccc2nc(SCC[NH+]2CCCCC2)n1-c1ccc(F)cc1. The van der Waals surface area contributed by atoms with Crippen LogP contribution in [-0.4, -0.2) is 34.9 Å². The monoisotopic (exact) mass is 384 g/mol. The van der Waals surface area contributed by atoms with E-state index in [0.717, 1.165) is 12.3 Å². The molecule has 2 heterocycles. The Hall–Kier alpha value is -2.18. The molecule has 140 valence electrons. The number of thioether (sulfide) groups is 1. The number of nitrogens with one attached hydrogen (secondary N) is 1. The van der Waals surface area contributed by atoms with Crippen molar-refractivity contribution < 1.29 is 9.29 Å². The van der Waals surface area contributed by atoms with Gasteiger partial charge in [-0.3, -0.25) is 9.36 Å². The molecule has 3 aromatic rings. The Morgan fingerprint density at radius 2 is 1.78 bits per heavy atom. The highest BCUT2D eigenvalue weighted by Crippen LogP contribution is 2.21. The lowest BCUT2D eigenvalue weighted by Crippen LogP contribution is -3.13. The number of hydrogen-bond acceptors (Lipinski definition) is 3. The molecule has 6 heteroatoms. The topological polar surface area (TPSA) is 39.3 Å². The highest BCUT2D eigenvalue weighted by Gasteiger charge is 2.16. The van der Waals surface area contributed by atoms with Crippen LogP contribution >= 0.6 is 11.8 Å². The molecule has 0 atom stereocenters. The second-order valence-corrected chi connectivity index (χ2v) is 8.00. The summed E-state index contributed by atoms with van der Waals surface area (Å²) >= 11 is 1.61. The first-order chi connectivity index (χ1) is 13.2. The number of piperidine rings is 1. The van der Waals surface area contributed by atoms with Crippen LogP contribution in [0.15, 0.2) is 58.5 Å². The lowest BCUT2D eigenvalue weighted by atomic mass is 10.1. The van der Waals surface area contributed by atoms with Crippen LogP contribution in [0.2, 0.25) is 0 Å². The van der Waals surface area contributed by atoms with E-state index in [1.54, 1.807) is 39.4 Å². The first-order valence-corrected chi connectivity index (χ1v) is 10.4. The lowest BCUT2D eigenvalue weighted by Gasteiger charge is -2.23. The minimum absolute atomic E-state index is 0.111. The molecule has 0 spiro atoms. The third kappa shape index (κ3) is 4.06. The number of rotatable bonds is 5. The van der Waals surface area contributed by atoms with E-state index in [1.165, 1.54) is 44.5 Å². The summed E-state index contributed by atoms with van der Waals surface area (Å²) in [5.41, 5.74) is 1.24. The van der Waals surface area contributed by atoms with Crippen molar-refractivity contribution in [3.05, 3.63) is 64.7 Å². The summed E-state index contributed by atoms with van der Waals surface area (Å²) in [6.07, 6.45) is 3.94. The predicted octanol–water partition coefficient (Wildman–Crippen LogP) is 2.69. The van der Waals surface area contributed by atoms with Gasteiger partial charge in [-0.1, -0.05) is 23.9 Å². The van der Waals surface area contributed by atoms with Crippen LogP contribution in [0.1, 0.15) is 19.3 Å². The first-order valence-electron chi connectivity index (χ1n) is 9.46. The predicted molar refractivity (Wildman–Crippen MR) is 107 cm³/mol. The highest BCUT2D eigenvalue weighted by molar-refractivity contribution is 7.99. The molecule has 0 amide bonds. The maximum Gasteiger partial charge on any atom is 0.266 e. The van der Waals surface area contributed by atoms with Crippen LogP contribution in [0.5, 0.6) is 0 Å². The summed E-state index contributed by atoms with van der Waals surface area (Å²) in [4.78, 5) is 19.5. The molecule has 1 N–H and O–H groups in total. The molecule has 1 aliphatic rings. The van der Waals surface area contributed by atoms with Gasteiger partial charge in [0.1, 0.15) is 5.82 Å². The van der Waals surface area contributed by atoms with Crippen molar-refractivity contribution >= 4 is 22.7 Å². The molecule has 4 rings (SSSR count). The average molecular weight is 385 g/mol. The summed E-state index contributed by atoms with van der Waals surface area (Å²) in [5.74, 6) is 0.588. The van der Waals surface area contributed by atoms with Gasteiger partial charge < -0.3 is 4.90 Å². The van der Waals surface area contributed by atoms with Gasteiger partial charge in [0, 0.05) is 0 Å². The van der Waals surface area contributed by atoms with Crippen LogP contribution < -0.4 is 10.5 Å². The second kappa shape index (κ2) is 8.23. The van der Waals surface area contributed by atoms with E-state index < -0.39 is 0 Å². The molecule has 27 heavy (non-hydrogen) atoms. The van der Waals surface area contributed by atoms with E-state index in [0.29, 0.717) is 21.7 Å². The summed E-state index contributed by atoms with van der Waals surface area (Å²) in [6.45, 7) is 3.53. The molecule has 0 radical (unpaired) electrons. The highest BCUT2D eigenvalue weighted by atomic mass is 32.2. The number of hydrogen-bond donors (Lipinski definition) is 1. The van der Waals surface area contributed by atoms with Gasteiger partial charge in [0.15, 0.2) is 5.16 Å². The number of halogens is 1. The van der Waals surface area contributed by atoms with Crippen LogP contribution in [0.3, 0.4) is 0 Å². The maximum atomic E-state index is 13.4. The largest absolute Gasteiger partial charge is 0.334 e. The normalized spacial score (nSPS) is 15.3. The summed E-state index contributed by atoms with van der Waals surface area (Å²) in [6, 6.07) is 13.4. The van der Waals surface area contributed by atoms with Crippen molar-refractivity contribution in [2.75, 3.05) is 25.4 Å². The summed E-state index contributed by atoms with van der Waals surface area (Å²) in [7, 11) is 0. The second-order valence-electron chi connectivity index (χ2n) is 6.94. The van der Waals surface area contributed by atoms with Crippen LogP contribution in [0, 0.1) is 5.82 Å². The van der Waals surface area contributed by atoms with Crippen molar-refractivity contribution in [2.24, 2.45) is 0 Å².